The molecule has 5 rings (SSSR count). The molecule has 4 aromatic rings. The van der Waals surface area contributed by atoms with Crippen molar-refractivity contribution in [3.05, 3.63) is 93.8 Å². The van der Waals surface area contributed by atoms with Crippen molar-refractivity contribution < 1.29 is 18.0 Å². The van der Waals surface area contributed by atoms with Crippen molar-refractivity contribution in [2.24, 2.45) is 0 Å². The quantitative estimate of drug-likeness (QED) is 0.441. The fourth-order valence-corrected chi connectivity index (χ4v) is 3.93. The second kappa shape index (κ2) is 5.94. The van der Waals surface area contributed by atoms with E-state index in [4.69, 9.17) is 0 Å². The van der Waals surface area contributed by atoms with E-state index in [1.807, 2.05) is 0 Å². The summed E-state index contributed by atoms with van der Waals surface area (Å²) in [7, 11) is 0. The van der Waals surface area contributed by atoms with E-state index in [1.54, 1.807) is 53.2 Å². The number of hydrogen-bond donors (Lipinski definition) is 0. The molecule has 0 atom stereocenters. The van der Waals surface area contributed by atoms with Gasteiger partial charge in [0.05, 0.1) is 22.5 Å². The van der Waals surface area contributed by atoms with Crippen LogP contribution in [0.5, 0.6) is 0 Å². The maximum absolute atomic E-state index is 13.1. The smallest absolute Gasteiger partial charge is 0.334 e. The van der Waals surface area contributed by atoms with Gasteiger partial charge in [0.15, 0.2) is 0 Å². The Morgan fingerprint density at radius 1 is 0.897 bits per heavy atom. The first kappa shape index (κ1) is 17.5. The molecule has 2 aromatic carbocycles. The number of hydrogen-bond acceptors (Lipinski definition) is 2. The number of fused-ring (bicyclic) bond motifs is 4. The highest BCUT2D eigenvalue weighted by Crippen LogP contribution is 2.34. The molecule has 1 aliphatic heterocycles. The van der Waals surface area contributed by atoms with Crippen LogP contribution >= 0.6 is 0 Å². The summed E-state index contributed by atoms with van der Waals surface area (Å²) in [6.45, 7) is 0.0888. The van der Waals surface area contributed by atoms with Crippen LogP contribution in [-0.2, 0) is 12.7 Å². The number of para-hydroxylation sites is 1. The van der Waals surface area contributed by atoms with E-state index in [0.29, 0.717) is 27.9 Å². The Morgan fingerprint density at radius 2 is 1.69 bits per heavy atom. The van der Waals surface area contributed by atoms with E-state index in [1.165, 1.54) is 10.6 Å². The van der Waals surface area contributed by atoms with Gasteiger partial charge in [-0.25, -0.2) is 0 Å². The maximum Gasteiger partial charge on any atom is 0.416 e. The van der Waals surface area contributed by atoms with Crippen LogP contribution in [0.1, 0.15) is 21.5 Å². The molecule has 29 heavy (non-hydrogen) atoms. The van der Waals surface area contributed by atoms with Gasteiger partial charge in [0.25, 0.3) is 5.91 Å². The highest BCUT2D eigenvalue weighted by atomic mass is 19.4. The van der Waals surface area contributed by atoms with Crippen molar-refractivity contribution in [2.75, 3.05) is 0 Å². The molecule has 0 amide bonds. The molecule has 2 aromatic heterocycles. The molecule has 7 heteroatoms. The van der Waals surface area contributed by atoms with Gasteiger partial charge in [0, 0.05) is 18.1 Å². The number of benzene rings is 2. The zero-order chi connectivity index (χ0) is 20.3. The minimum absolute atomic E-state index is 0.0475. The molecular weight excluding hydrogens is 381 g/mol. The van der Waals surface area contributed by atoms with Gasteiger partial charge in [0.2, 0.25) is 5.43 Å². The fraction of sp³-hybridized carbons (Fsp3) is 0.0909. The Labute approximate surface area is 162 Å². The average Bonchev–Trinajstić information content (AvgIpc) is 3.27. The van der Waals surface area contributed by atoms with Crippen LogP contribution < -0.4 is 5.43 Å². The van der Waals surface area contributed by atoms with Crippen molar-refractivity contribution in [1.82, 2.24) is 9.13 Å². The lowest BCUT2D eigenvalue weighted by molar-refractivity contribution is -0.137. The minimum atomic E-state index is -4.45. The second-order valence-electron chi connectivity index (χ2n) is 6.92. The summed E-state index contributed by atoms with van der Waals surface area (Å²) < 4.78 is 42.6. The maximum atomic E-state index is 13.1. The first-order chi connectivity index (χ1) is 13.9. The van der Waals surface area contributed by atoms with E-state index in [9.17, 15) is 22.8 Å². The third kappa shape index (κ3) is 2.54. The van der Waals surface area contributed by atoms with Gasteiger partial charge in [-0.05, 0) is 42.0 Å². The van der Waals surface area contributed by atoms with Crippen molar-refractivity contribution in [3.8, 4) is 11.4 Å². The Balaban J connectivity index is 1.80. The van der Waals surface area contributed by atoms with Crippen LogP contribution in [0, 0.1) is 0 Å². The molecule has 0 saturated carbocycles. The van der Waals surface area contributed by atoms with Gasteiger partial charge in [-0.3, -0.25) is 14.2 Å². The van der Waals surface area contributed by atoms with Gasteiger partial charge >= 0.3 is 6.18 Å². The number of alkyl halides is 3. The summed E-state index contributed by atoms with van der Waals surface area (Å²) in [4.78, 5) is 25.8. The zero-order valence-corrected chi connectivity index (χ0v) is 14.9. The molecule has 1 aliphatic rings. The van der Waals surface area contributed by atoms with Crippen LogP contribution in [0.25, 0.3) is 22.3 Å². The molecule has 0 saturated heterocycles. The van der Waals surface area contributed by atoms with Crippen LogP contribution in [0.3, 0.4) is 0 Å². The predicted octanol–water partition coefficient (Wildman–Crippen LogP) is 4.54. The number of pyridine rings is 1. The second-order valence-corrected chi connectivity index (χ2v) is 6.92. The number of carbonyl (C=O) groups is 1. The molecule has 4 nitrogen and oxygen atoms in total. The summed E-state index contributed by atoms with van der Waals surface area (Å²) in [5, 5.41) is 0.359. The van der Waals surface area contributed by atoms with Gasteiger partial charge in [-0.2, -0.15) is 13.2 Å². The van der Waals surface area contributed by atoms with Crippen LogP contribution in [0.2, 0.25) is 0 Å². The largest absolute Gasteiger partial charge is 0.416 e. The van der Waals surface area contributed by atoms with Gasteiger partial charge < -0.3 is 4.57 Å². The van der Waals surface area contributed by atoms with Crippen LogP contribution in [0.15, 0.2) is 71.7 Å². The van der Waals surface area contributed by atoms with Crippen LogP contribution in [-0.4, -0.2) is 15.0 Å². The molecule has 0 fully saturated rings. The third-order valence-corrected chi connectivity index (χ3v) is 5.19. The van der Waals surface area contributed by atoms with Gasteiger partial charge in [-0.15, -0.1) is 0 Å². The summed E-state index contributed by atoms with van der Waals surface area (Å²) in [6, 6.07) is 15.3. The fourth-order valence-electron chi connectivity index (χ4n) is 3.93. The van der Waals surface area contributed by atoms with Crippen molar-refractivity contribution in [3.63, 3.8) is 0 Å². The normalized spacial score (nSPS) is 13.0. The minimum Gasteiger partial charge on any atom is -0.334 e. The average molecular weight is 394 g/mol. The van der Waals surface area contributed by atoms with Crippen LogP contribution in [0.4, 0.5) is 13.2 Å². The van der Waals surface area contributed by atoms with Gasteiger partial charge in [0.1, 0.15) is 5.56 Å². The molecule has 0 radical (unpaired) electrons. The summed E-state index contributed by atoms with van der Waals surface area (Å²) in [5.74, 6) is -0.423. The van der Waals surface area contributed by atoms with Crippen molar-refractivity contribution in [2.45, 2.75) is 12.7 Å². The molecule has 3 heterocycles. The topological polar surface area (TPSA) is 44.0 Å². The molecule has 0 aliphatic carbocycles. The first-order valence-corrected chi connectivity index (χ1v) is 8.90. The third-order valence-electron chi connectivity index (χ3n) is 5.19. The van der Waals surface area contributed by atoms with Crippen molar-refractivity contribution in [1.29, 1.82) is 0 Å². The Morgan fingerprint density at radius 3 is 2.48 bits per heavy atom. The number of nitrogens with zero attached hydrogens (tertiary/aromatic N) is 2. The molecule has 0 bridgehead atoms. The Bertz CT molecular complexity index is 1360. The lowest BCUT2D eigenvalue weighted by Crippen LogP contribution is -2.20. The zero-order valence-electron chi connectivity index (χ0n) is 14.9. The van der Waals surface area contributed by atoms with E-state index in [-0.39, 0.29) is 17.5 Å². The summed E-state index contributed by atoms with van der Waals surface area (Å²) in [5.41, 5.74) is 0.914. The SMILES string of the molecule is O=C1c2c(n(Cc3cccc(C(F)(F)F)c3)c3ccccc3c2=O)-c2cccn21. The predicted molar refractivity (Wildman–Crippen MR) is 102 cm³/mol. The number of carbonyl (C=O) groups excluding carboxylic acids is 1. The highest BCUT2D eigenvalue weighted by Gasteiger charge is 2.33. The highest BCUT2D eigenvalue weighted by molar-refractivity contribution is 6.10. The Hall–Kier alpha value is -3.61. The van der Waals surface area contributed by atoms with Gasteiger partial charge in [-0.1, -0.05) is 24.3 Å². The van der Waals surface area contributed by atoms with E-state index >= 15 is 0 Å². The number of rotatable bonds is 2. The number of aromatic nitrogens is 2. The standard InChI is InChI=1S/C22H13F3N2O2/c23-22(24,25)14-6-3-5-13(11-14)12-27-16-8-2-1-7-15(16)20(28)18-19(27)17-9-4-10-26(17)21(18)29/h1-11H,12H2. The monoisotopic (exact) mass is 394 g/mol. The first-order valence-electron chi connectivity index (χ1n) is 8.90. The molecule has 0 spiro atoms. The molecular formula is C22H13F3N2O2. The summed E-state index contributed by atoms with van der Waals surface area (Å²) >= 11 is 0. The molecule has 144 valence electrons. The van der Waals surface area contributed by atoms with Crippen molar-refractivity contribution >= 4 is 16.8 Å². The molecule has 0 N–H and O–H groups in total. The lowest BCUT2D eigenvalue weighted by Gasteiger charge is -2.17. The Kier molecular flexibility index (Phi) is 3.58. The van der Waals surface area contributed by atoms with E-state index < -0.39 is 17.6 Å². The van der Waals surface area contributed by atoms with E-state index in [0.717, 1.165) is 12.1 Å². The summed E-state index contributed by atoms with van der Waals surface area (Å²) in [6.07, 6.45) is -2.87. The van der Waals surface area contributed by atoms with E-state index in [2.05, 4.69) is 0 Å². The number of halogens is 3. The lowest BCUT2D eigenvalue weighted by atomic mass is 10.0. The molecule has 0 unspecified atom stereocenters.